The Hall–Kier alpha value is -4.92. The van der Waals surface area contributed by atoms with Crippen LogP contribution in [0.25, 0.3) is 10.8 Å². The molecule has 0 saturated heterocycles. The number of hydrogen-bond donors (Lipinski definition) is 0. The minimum absolute atomic E-state index is 0.0566. The predicted molar refractivity (Wildman–Crippen MR) is 169 cm³/mol. The molecule has 216 valence electrons. The largest absolute Gasteiger partial charge is 0.459 e. The van der Waals surface area contributed by atoms with E-state index in [1.807, 2.05) is 69.5 Å². The van der Waals surface area contributed by atoms with Crippen molar-refractivity contribution in [3.63, 3.8) is 0 Å². The lowest BCUT2D eigenvalue weighted by molar-refractivity contribution is -0.384. The molecule has 0 aromatic heterocycles. The van der Waals surface area contributed by atoms with Gasteiger partial charge < -0.3 is 19.3 Å². The molecule has 2 spiro atoms. The molecule has 43 heavy (non-hydrogen) atoms. The Labute approximate surface area is 249 Å². The molecule has 0 radical (unpaired) electrons. The maximum Gasteiger partial charge on any atom is 0.269 e. The number of rotatable bonds is 1. The topological polar surface area (TPSA) is 92.8 Å². The first kappa shape index (κ1) is 25.8. The van der Waals surface area contributed by atoms with Crippen LogP contribution in [-0.4, -0.2) is 42.9 Å². The van der Waals surface area contributed by atoms with Crippen molar-refractivity contribution in [1.82, 2.24) is 0 Å². The third-order valence-corrected chi connectivity index (χ3v) is 10.3. The first-order valence-electron chi connectivity index (χ1n) is 14.4. The SMILES string of the molecule is CN1c2ccc([N+](=O)[O-])cc2C(C)(C)C12C=Nc1cc3c(cc1O2)N(C)C1(C=Nc2c(ccc4ccccc24)O1)C3(C)C. The standard InChI is InChI=1S/C34H31N5O4/c1-31(2)23-15-21(39(40)41)12-13-26(23)37(5)33(31)18-35-25-16-24-27(17-29(25)43-33)38(6)34(32(24,3)4)19-36-30-22-10-8-7-9-20(22)11-14-28(30)42-34/h7-19H,1-6H3. The predicted octanol–water partition coefficient (Wildman–Crippen LogP) is 7.19. The Morgan fingerprint density at radius 3 is 2.14 bits per heavy atom. The van der Waals surface area contributed by atoms with Gasteiger partial charge in [-0.05, 0) is 62.4 Å². The Bertz CT molecular complexity index is 1980. The summed E-state index contributed by atoms with van der Waals surface area (Å²) in [5.41, 5.74) is 2.44. The van der Waals surface area contributed by atoms with Crippen LogP contribution in [-0.2, 0) is 10.8 Å². The van der Waals surface area contributed by atoms with Crippen molar-refractivity contribution in [3.8, 4) is 11.5 Å². The maximum absolute atomic E-state index is 11.6. The van der Waals surface area contributed by atoms with Crippen LogP contribution < -0.4 is 19.3 Å². The fourth-order valence-corrected chi connectivity index (χ4v) is 7.57. The first-order valence-corrected chi connectivity index (χ1v) is 14.4. The van der Waals surface area contributed by atoms with Crippen molar-refractivity contribution in [2.24, 2.45) is 9.98 Å². The Morgan fingerprint density at radius 1 is 0.744 bits per heavy atom. The summed E-state index contributed by atoms with van der Waals surface area (Å²) in [6, 6.07) is 21.4. The average molecular weight is 574 g/mol. The van der Waals surface area contributed by atoms with Crippen molar-refractivity contribution in [1.29, 1.82) is 0 Å². The number of nitro groups is 1. The summed E-state index contributed by atoms with van der Waals surface area (Å²) in [6.07, 6.45) is 3.78. The van der Waals surface area contributed by atoms with E-state index in [-0.39, 0.29) is 10.6 Å². The Kier molecular flexibility index (Phi) is 4.74. The summed E-state index contributed by atoms with van der Waals surface area (Å²) in [6.45, 7) is 8.43. The number of hydrogen-bond acceptors (Lipinski definition) is 8. The van der Waals surface area contributed by atoms with Gasteiger partial charge in [-0.1, -0.05) is 30.3 Å². The molecule has 0 bridgehead atoms. The van der Waals surface area contributed by atoms with Crippen LogP contribution in [0.2, 0.25) is 0 Å². The van der Waals surface area contributed by atoms with Crippen LogP contribution in [0.3, 0.4) is 0 Å². The molecule has 4 aliphatic rings. The van der Waals surface area contributed by atoms with E-state index < -0.39 is 22.3 Å². The van der Waals surface area contributed by atoms with Gasteiger partial charge in [-0.15, -0.1) is 0 Å². The Balaban J connectivity index is 1.21. The Morgan fingerprint density at radius 2 is 1.40 bits per heavy atom. The van der Waals surface area contributed by atoms with E-state index in [0.29, 0.717) is 5.75 Å². The van der Waals surface area contributed by atoms with E-state index >= 15 is 0 Å². The molecule has 0 N–H and O–H groups in total. The number of aliphatic imine (C=N–C) groups is 2. The van der Waals surface area contributed by atoms with Crippen molar-refractivity contribution >= 4 is 51.6 Å². The minimum atomic E-state index is -0.973. The second kappa shape index (κ2) is 7.92. The number of ether oxygens (including phenoxy) is 2. The summed E-state index contributed by atoms with van der Waals surface area (Å²) in [5, 5.41) is 13.8. The lowest BCUT2D eigenvalue weighted by Gasteiger charge is -2.45. The molecular formula is C34H31N5O4. The molecule has 0 amide bonds. The van der Waals surface area contributed by atoms with Gasteiger partial charge in [0.2, 0.25) is 11.4 Å². The zero-order valence-corrected chi connectivity index (χ0v) is 24.9. The fourth-order valence-electron chi connectivity index (χ4n) is 7.57. The number of benzene rings is 4. The zero-order valence-electron chi connectivity index (χ0n) is 24.9. The smallest absolute Gasteiger partial charge is 0.269 e. The van der Waals surface area contributed by atoms with Crippen molar-refractivity contribution in [2.75, 3.05) is 23.9 Å². The molecule has 0 fully saturated rings. The van der Waals surface area contributed by atoms with Crippen molar-refractivity contribution in [2.45, 2.75) is 50.0 Å². The van der Waals surface area contributed by atoms with Gasteiger partial charge in [-0.2, -0.15) is 0 Å². The lowest BCUT2D eigenvalue weighted by Crippen LogP contribution is -2.61. The number of fused-ring (bicyclic) bond motifs is 6. The van der Waals surface area contributed by atoms with E-state index in [0.717, 1.165) is 50.4 Å². The second-order valence-corrected chi connectivity index (χ2v) is 12.9. The van der Waals surface area contributed by atoms with Gasteiger partial charge in [0.15, 0.2) is 5.75 Å². The van der Waals surface area contributed by atoms with Gasteiger partial charge in [0.1, 0.15) is 17.1 Å². The molecule has 2 unspecified atom stereocenters. The van der Waals surface area contributed by atoms with Gasteiger partial charge in [-0.3, -0.25) is 20.1 Å². The third kappa shape index (κ3) is 2.96. The number of nitro benzene ring substituents is 1. The van der Waals surface area contributed by atoms with Gasteiger partial charge in [0.25, 0.3) is 5.69 Å². The monoisotopic (exact) mass is 573 g/mol. The molecule has 4 aromatic carbocycles. The van der Waals surface area contributed by atoms with Crippen molar-refractivity contribution in [3.05, 3.63) is 88.0 Å². The number of anilines is 2. The number of nitrogens with zero attached hydrogens (tertiary/aromatic N) is 5. The zero-order chi connectivity index (χ0) is 30.1. The summed E-state index contributed by atoms with van der Waals surface area (Å²) in [4.78, 5) is 25.4. The molecule has 9 nitrogen and oxygen atoms in total. The normalized spacial score (nSPS) is 24.9. The highest BCUT2D eigenvalue weighted by Crippen LogP contribution is 2.59. The molecule has 4 aliphatic heterocycles. The van der Waals surface area contributed by atoms with Crippen molar-refractivity contribution < 1.29 is 14.4 Å². The van der Waals surface area contributed by atoms with Gasteiger partial charge in [0.05, 0.1) is 28.2 Å². The van der Waals surface area contributed by atoms with Gasteiger partial charge in [-0.25, -0.2) is 0 Å². The second-order valence-electron chi connectivity index (χ2n) is 12.9. The number of non-ortho nitro benzene ring substituents is 1. The average Bonchev–Trinajstić information content (AvgIpc) is 3.25. The summed E-state index contributed by atoms with van der Waals surface area (Å²) in [7, 11) is 3.97. The van der Waals surface area contributed by atoms with E-state index in [2.05, 4.69) is 43.0 Å². The maximum atomic E-state index is 11.6. The highest BCUT2D eigenvalue weighted by Gasteiger charge is 2.61. The fraction of sp³-hybridized carbons (Fsp3) is 0.294. The lowest BCUT2D eigenvalue weighted by atomic mass is 9.76. The van der Waals surface area contributed by atoms with E-state index in [1.54, 1.807) is 12.1 Å². The van der Waals surface area contributed by atoms with E-state index in [4.69, 9.17) is 19.5 Å². The van der Waals surface area contributed by atoms with Crippen LogP contribution in [0.15, 0.2) is 76.7 Å². The molecule has 9 heteroatoms. The van der Waals surface area contributed by atoms with E-state index in [9.17, 15) is 10.1 Å². The van der Waals surface area contributed by atoms with Crippen LogP contribution >= 0.6 is 0 Å². The summed E-state index contributed by atoms with van der Waals surface area (Å²) in [5.74, 6) is 1.38. The van der Waals surface area contributed by atoms with Crippen LogP contribution in [0, 0.1) is 10.1 Å². The quantitative estimate of drug-likeness (QED) is 0.177. The van der Waals surface area contributed by atoms with Crippen LogP contribution in [0.4, 0.5) is 28.4 Å². The summed E-state index contributed by atoms with van der Waals surface area (Å²) >= 11 is 0. The summed E-state index contributed by atoms with van der Waals surface area (Å²) < 4.78 is 13.8. The molecule has 4 heterocycles. The first-order chi connectivity index (χ1) is 20.4. The minimum Gasteiger partial charge on any atom is -0.459 e. The molecular weight excluding hydrogens is 542 g/mol. The van der Waals surface area contributed by atoms with Crippen LogP contribution in [0.5, 0.6) is 11.5 Å². The molecule has 0 aliphatic carbocycles. The molecule has 8 rings (SSSR count). The van der Waals surface area contributed by atoms with Crippen LogP contribution in [0.1, 0.15) is 38.8 Å². The molecule has 4 aromatic rings. The third-order valence-electron chi connectivity index (χ3n) is 10.3. The molecule has 0 saturated carbocycles. The van der Waals surface area contributed by atoms with E-state index in [1.165, 1.54) is 6.07 Å². The highest BCUT2D eigenvalue weighted by molar-refractivity contribution is 6.00. The molecule has 2 atom stereocenters. The highest BCUT2D eigenvalue weighted by atomic mass is 16.6. The van der Waals surface area contributed by atoms with Gasteiger partial charge in [0, 0.05) is 49.1 Å². The van der Waals surface area contributed by atoms with Gasteiger partial charge >= 0.3 is 0 Å². The number of likely N-dealkylation sites (N-methyl/N-ethyl adjacent to an activating group) is 2.